The summed E-state index contributed by atoms with van der Waals surface area (Å²) in [6.45, 7) is 0. The van der Waals surface area contributed by atoms with Crippen molar-refractivity contribution < 1.29 is 0 Å². The van der Waals surface area contributed by atoms with E-state index in [0.717, 1.165) is 21.9 Å². The highest BCUT2D eigenvalue weighted by molar-refractivity contribution is 6.92. The van der Waals surface area contributed by atoms with E-state index in [-0.39, 0.29) is 9.90 Å². The molecular formula is C10H11N4P. The van der Waals surface area contributed by atoms with E-state index in [0.29, 0.717) is 5.95 Å². The predicted molar refractivity (Wildman–Crippen MR) is 66.9 cm³/mol. The number of fused-ring (bicyclic) bond motifs is 3. The van der Waals surface area contributed by atoms with Crippen molar-refractivity contribution in [2.24, 2.45) is 0 Å². The van der Waals surface area contributed by atoms with Gasteiger partial charge in [-0.15, -0.1) is 0 Å². The minimum Gasteiger partial charge on any atom is -0.369 e. The van der Waals surface area contributed by atoms with Crippen LogP contribution in [-0.4, -0.2) is 15.0 Å². The third-order valence-electron chi connectivity index (χ3n) is 2.24. The SMILES string of the molecule is Nc1nc2c(ccc3cccnc32)[nH]1.P. The summed E-state index contributed by atoms with van der Waals surface area (Å²) >= 11 is 0. The Balaban J connectivity index is 0.000000853. The lowest BCUT2D eigenvalue weighted by atomic mass is 10.2. The molecule has 1 unspecified atom stereocenters. The van der Waals surface area contributed by atoms with Gasteiger partial charge >= 0.3 is 0 Å². The molecule has 5 heteroatoms. The van der Waals surface area contributed by atoms with Crippen molar-refractivity contribution >= 4 is 37.8 Å². The maximum absolute atomic E-state index is 5.59. The van der Waals surface area contributed by atoms with Gasteiger partial charge in [-0.1, -0.05) is 12.1 Å². The largest absolute Gasteiger partial charge is 0.369 e. The van der Waals surface area contributed by atoms with E-state index < -0.39 is 0 Å². The highest BCUT2D eigenvalue weighted by atomic mass is 31.0. The van der Waals surface area contributed by atoms with Crippen molar-refractivity contribution in [2.45, 2.75) is 0 Å². The van der Waals surface area contributed by atoms with Crippen molar-refractivity contribution in [3.8, 4) is 0 Å². The van der Waals surface area contributed by atoms with Crippen molar-refractivity contribution in [1.82, 2.24) is 15.0 Å². The van der Waals surface area contributed by atoms with Gasteiger partial charge in [0.25, 0.3) is 0 Å². The Morgan fingerprint density at radius 1 is 1.13 bits per heavy atom. The summed E-state index contributed by atoms with van der Waals surface area (Å²) in [5.74, 6) is 0.429. The average molecular weight is 218 g/mol. The number of H-pyrrole nitrogens is 1. The van der Waals surface area contributed by atoms with E-state index >= 15 is 0 Å². The van der Waals surface area contributed by atoms with Crippen LogP contribution in [0.2, 0.25) is 0 Å². The van der Waals surface area contributed by atoms with Gasteiger partial charge in [-0.05, 0) is 12.1 Å². The number of aromatic nitrogens is 3. The van der Waals surface area contributed by atoms with Crippen LogP contribution in [0.5, 0.6) is 0 Å². The maximum atomic E-state index is 5.59. The lowest BCUT2D eigenvalue weighted by Crippen LogP contribution is -1.84. The van der Waals surface area contributed by atoms with Gasteiger partial charge in [0.2, 0.25) is 0 Å². The van der Waals surface area contributed by atoms with Crippen LogP contribution in [0.3, 0.4) is 0 Å². The first-order valence-corrected chi connectivity index (χ1v) is 4.33. The maximum Gasteiger partial charge on any atom is 0.198 e. The lowest BCUT2D eigenvalue weighted by Gasteiger charge is -1.95. The summed E-state index contributed by atoms with van der Waals surface area (Å²) in [6, 6.07) is 7.88. The summed E-state index contributed by atoms with van der Waals surface area (Å²) in [5, 5.41) is 1.08. The van der Waals surface area contributed by atoms with Gasteiger partial charge in [-0.2, -0.15) is 9.90 Å². The number of nitrogen functional groups attached to an aromatic ring is 1. The van der Waals surface area contributed by atoms with Gasteiger partial charge in [-0.25, -0.2) is 4.98 Å². The lowest BCUT2D eigenvalue weighted by molar-refractivity contribution is 1.35. The molecule has 2 aromatic heterocycles. The van der Waals surface area contributed by atoms with Gasteiger partial charge in [-0.3, -0.25) is 4.98 Å². The molecule has 3 aromatic rings. The van der Waals surface area contributed by atoms with E-state index in [2.05, 4.69) is 15.0 Å². The van der Waals surface area contributed by atoms with Crippen LogP contribution in [-0.2, 0) is 0 Å². The number of nitrogens with two attached hydrogens (primary N) is 1. The van der Waals surface area contributed by atoms with Crippen LogP contribution in [0, 0.1) is 0 Å². The Morgan fingerprint density at radius 2 is 2.00 bits per heavy atom. The fraction of sp³-hybridized carbons (Fsp3) is 0. The molecule has 3 rings (SSSR count). The smallest absolute Gasteiger partial charge is 0.198 e. The zero-order chi connectivity index (χ0) is 9.54. The molecule has 1 atom stereocenters. The number of rotatable bonds is 0. The van der Waals surface area contributed by atoms with Gasteiger partial charge in [0, 0.05) is 11.6 Å². The second-order valence-electron chi connectivity index (χ2n) is 3.16. The van der Waals surface area contributed by atoms with Crippen LogP contribution in [0.25, 0.3) is 21.9 Å². The zero-order valence-corrected chi connectivity index (χ0v) is 9.48. The molecule has 0 aliphatic rings. The number of hydrogen-bond donors (Lipinski definition) is 2. The zero-order valence-electron chi connectivity index (χ0n) is 8.07. The van der Waals surface area contributed by atoms with Gasteiger partial charge in [0.15, 0.2) is 5.95 Å². The molecule has 0 saturated heterocycles. The number of imidazole rings is 1. The molecule has 0 spiro atoms. The number of pyridine rings is 1. The molecule has 0 aliphatic carbocycles. The summed E-state index contributed by atoms with van der Waals surface area (Å²) in [4.78, 5) is 11.5. The first kappa shape index (κ1) is 9.87. The van der Waals surface area contributed by atoms with Crippen molar-refractivity contribution in [3.63, 3.8) is 0 Å². The molecule has 15 heavy (non-hydrogen) atoms. The number of aromatic amines is 1. The third-order valence-corrected chi connectivity index (χ3v) is 2.24. The van der Waals surface area contributed by atoms with Crippen LogP contribution < -0.4 is 5.73 Å². The van der Waals surface area contributed by atoms with Crippen molar-refractivity contribution in [2.75, 3.05) is 5.73 Å². The fourth-order valence-corrected chi connectivity index (χ4v) is 1.63. The van der Waals surface area contributed by atoms with Crippen LogP contribution >= 0.6 is 9.90 Å². The van der Waals surface area contributed by atoms with Crippen LogP contribution in [0.4, 0.5) is 5.95 Å². The summed E-state index contributed by atoms with van der Waals surface area (Å²) < 4.78 is 0. The Morgan fingerprint density at radius 3 is 2.87 bits per heavy atom. The predicted octanol–water partition coefficient (Wildman–Crippen LogP) is 1.75. The van der Waals surface area contributed by atoms with E-state index in [1.54, 1.807) is 6.20 Å². The molecule has 0 aliphatic heterocycles. The van der Waals surface area contributed by atoms with Crippen LogP contribution in [0.1, 0.15) is 0 Å². The van der Waals surface area contributed by atoms with Gasteiger partial charge in [0.05, 0.1) is 11.0 Å². The summed E-state index contributed by atoms with van der Waals surface area (Å²) in [6.07, 6.45) is 1.76. The molecule has 0 fully saturated rings. The van der Waals surface area contributed by atoms with Gasteiger partial charge in [0.1, 0.15) is 5.52 Å². The molecule has 76 valence electrons. The van der Waals surface area contributed by atoms with E-state index in [1.165, 1.54) is 0 Å². The Kier molecular flexibility index (Phi) is 2.29. The molecule has 0 saturated carbocycles. The molecule has 4 nitrogen and oxygen atoms in total. The third kappa shape index (κ3) is 1.43. The minimum atomic E-state index is 0. The number of nitrogens with zero attached hydrogens (tertiary/aromatic N) is 2. The number of nitrogens with one attached hydrogen (secondary N) is 1. The molecule has 1 aromatic carbocycles. The average Bonchev–Trinajstić information content (AvgIpc) is 2.59. The fourth-order valence-electron chi connectivity index (χ4n) is 1.63. The normalized spacial score (nSPS) is 10.4. The standard InChI is InChI=1S/C10H8N4.H3P/c11-10-13-7-4-3-6-2-1-5-12-8(6)9(7)14-10;/h1-5H,(H3,11,13,14);1H3. The topological polar surface area (TPSA) is 67.6 Å². The summed E-state index contributed by atoms with van der Waals surface area (Å²) in [5.41, 5.74) is 8.23. The van der Waals surface area contributed by atoms with Crippen molar-refractivity contribution in [3.05, 3.63) is 30.5 Å². The quantitative estimate of drug-likeness (QED) is 0.565. The number of anilines is 1. The van der Waals surface area contributed by atoms with Gasteiger partial charge < -0.3 is 10.7 Å². The highest BCUT2D eigenvalue weighted by Crippen LogP contribution is 2.21. The molecule has 2 heterocycles. The first-order valence-electron chi connectivity index (χ1n) is 4.33. The second kappa shape index (κ2) is 3.48. The molecule has 3 N–H and O–H groups in total. The first-order chi connectivity index (χ1) is 6.84. The second-order valence-corrected chi connectivity index (χ2v) is 3.16. The monoisotopic (exact) mass is 218 g/mol. The minimum absolute atomic E-state index is 0. The van der Waals surface area contributed by atoms with E-state index in [9.17, 15) is 0 Å². The van der Waals surface area contributed by atoms with Crippen LogP contribution in [0.15, 0.2) is 30.5 Å². The van der Waals surface area contributed by atoms with E-state index in [4.69, 9.17) is 5.73 Å². The summed E-state index contributed by atoms with van der Waals surface area (Å²) in [7, 11) is 0. The molecule has 0 bridgehead atoms. The molecule has 0 amide bonds. The number of hydrogen-bond acceptors (Lipinski definition) is 3. The Labute approximate surface area is 89.5 Å². The van der Waals surface area contributed by atoms with E-state index in [1.807, 2.05) is 24.3 Å². The number of benzene rings is 1. The Bertz CT molecular complexity index is 617. The molecule has 0 radical (unpaired) electrons. The Hall–Kier alpha value is -1.67. The highest BCUT2D eigenvalue weighted by Gasteiger charge is 2.04. The molecular weight excluding hydrogens is 207 g/mol. The van der Waals surface area contributed by atoms with Crippen molar-refractivity contribution in [1.29, 1.82) is 0 Å².